The molecule has 1 aromatic rings. The lowest BCUT2D eigenvalue weighted by Gasteiger charge is -2.11. The Morgan fingerprint density at radius 1 is 1.29 bits per heavy atom. The van der Waals surface area contributed by atoms with E-state index in [2.05, 4.69) is 23.4 Å². The van der Waals surface area contributed by atoms with Gasteiger partial charge in [0.05, 0.1) is 12.2 Å². The maximum absolute atomic E-state index is 12.3. The van der Waals surface area contributed by atoms with Gasteiger partial charge in [-0.25, -0.2) is 0 Å². The highest BCUT2D eigenvalue weighted by Crippen LogP contribution is 2.30. The lowest BCUT2D eigenvalue weighted by atomic mass is 10.0. The molecule has 0 aliphatic rings. The lowest BCUT2D eigenvalue weighted by Crippen LogP contribution is -2.10. The van der Waals surface area contributed by atoms with E-state index in [1.165, 1.54) is 6.07 Å². The highest BCUT2D eigenvalue weighted by molar-refractivity contribution is 7.77. The first-order valence-electron chi connectivity index (χ1n) is 6.34. The quantitative estimate of drug-likeness (QED) is 0.745. The van der Waals surface area contributed by atoms with E-state index in [0.29, 0.717) is 18.5 Å². The maximum atomic E-state index is 12.3. The maximum Gasteiger partial charge on any atom is 0.416 e. The first-order valence-corrected chi connectivity index (χ1v) is 6.91. The van der Waals surface area contributed by atoms with E-state index < -0.39 is 11.7 Å². The Kier molecular flexibility index (Phi) is 13.5. The number of hydrogen-bond acceptors (Lipinski definition) is 4. The van der Waals surface area contributed by atoms with E-state index in [4.69, 9.17) is 10.8 Å². The lowest BCUT2D eigenvalue weighted by molar-refractivity contribution is -0.137. The second-order valence-electron chi connectivity index (χ2n) is 3.87. The number of aliphatic hydroxyl groups excluding tert-OH is 1. The average molecular weight is 324 g/mol. The molecule has 7 heteroatoms. The SMILES string of the molecule is C=S.CCc1ccc(C(F)(F)F)cc1CN.CNCCO. The first kappa shape index (κ1) is 22.3. The van der Waals surface area contributed by atoms with Crippen molar-refractivity contribution in [2.24, 2.45) is 5.73 Å². The third kappa shape index (κ3) is 9.52. The molecule has 1 aromatic carbocycles. The number of nitrogens with one attached hydrogen (secondary N) is 1. The van der Waals surface area contributed by atoms with Gasteiger partial charge in [0.2, 0.25) is 0 Å². The monoisotopic (exact) mass is 324 g/mol. The molecule has 0 saturated heterocycles. The summed E-state index contributed by atoms with van der Waals surface area (Å²) in [4.78, 5) is 0. The van der Waals surface area contributed by atoms with Crippen molar-refractivity contribution >= 4 is 18.1 Å². The fourth-order valence-corrected chi connectivity index (χ4v) is 1.45. The summed E-state index contributed by atoms with van der Waals surface area (Å²) in [6.07, 6.45) is -3.58. The van der Waals surface area contributed by atoms with Crippen molar-refractivity contribution in [2.75, 3.05) is 20.2 Å². The van der Waals surface area contributed by atoms with Gasteiger partial charge in [0.15, 0.2) is 0 Å². The summed E-state index contributed by atoms with van der Waals surface area (Å²) < 4.78 is 36.9. The number of halogens is 3. The number of nitrogens with two attached hydrogens (primary N) is 1. The Hall–Kier alpha value is -1.02. The molecule has 0 aliphatic carbocycles. The number of hydrogen-bond donors (Lipinski definition) is 3. The molecule has 0 unspecified atom stereocenters. The van der Waals surface area contributed by atoms with Crippen molar-refractivity contribution in [3.63, 3.8) is 0 Å². The van der Waals surface area contributed by atoms with E-state index in [0.717, 1.165) is 17.7 Å². The number of alkyl halides is 3. The Balaban J connectivity index is 0. The van der Waals surface area contributed by atoms with Gasteiger partial charge in [0, 0.05) is 13.1 Å². The summed E-state index contributed by atoms with van der Waals surface area (Å²) >= 11 is 3.83. The molecule has 0 amide bonds. The summed E-state index contributed by atoms with van der Waals surface area (Å²) in [6.45, 7) is 2.96. The molecule has 0 fully saturated rings. The van der Waals surface area contributed by atoms with Crippen molar-refractivity contribution in [1.82, 2.24) is 5.32 Å². The average Bonchev–Trinajstić information content (AvgIpc) is 2.49. The number of benzene rings is 1. The Bertz CT molecular complexity index is 385. The number of likely N-dealkylation sites (N-methyl/N-ethyl adjacent to an activating group) is 1. The van der Waals surface area contributed by atoms with Crippen LogP contribution in [0.5, 0.6) is 0 Å². The van der Waals surface area contributed by atoms with Gasteiger partial charge in [0.1, 0.15) is 0 Å². The van der Waals surface area contributed by atoms with Crippen LogP contribution in [0.1, 0.15) is 23.6 Å². The molecular weight excluding hydrogens is 301 g/mol. The summed E-state index contributed by atoms with van der Waals surface area (Å²) in [5.41, 5.74) is 6.19. The van der Waals surface area contributed by atoms with Crippen LogP contribution in [0, 0.1) is 0 Å². The van der Waals surface area contributed by atoms with Gasteiger partial charge in [0.25, 0.3) is 0 Å². The van der Waals surface area contributed by atoms with Crippen LogP contribution in [0.3, 0.4) is 0 Å². The topological polar surface area (TPSA) is 58.3 Å². The third-order valence-electron chi connectivity index (χ3n) is 2.50. The number of thiocarbonyl (C=S) groups is 1. The van der Waals surface area contributed by atoms with E-state index in [1.54, 1.807) is 7.05 Å². The zero-order valence-electron chi connectivity index (χ0n) is 12.3. The largest absolute Gasteiger partial charge is 0.416 e. The molecule has 0 aromatic heterocycles. The minimum atomic E-state index is -4.28. The Morgan fingerprint density at radius 2 is 1.86 bits per heavy atom. The van der Waals surface area contributed by atoms with Gasteiger partial charge in [-0.1, -0.05) is 25.2 Å². The molecule has 122 valence electrons. The van der Waals surface area contributed by atoms with Gasteiger partial charge < -0.3 is 16.2 Å². The number of aryl methyl sites for hydroxylation is 1. The zero-order chi connectivity index (χ0) is 16.9. The van der Waals surface area contributed by atoms with Gasteiger partial charge in [-0.2, -0.15) is 13.2 Å². The highest BCUT2D eigenvalue weighted by atomic mass is 32.1. The molecule has 1 rings (SSSR count). The standard InChI is InChI=1S/C10H12F3N.C3H9NO.CH2S/c1-2-7-3-4-9(10(11,12)13)5-8(7)6-14;1-4-2-3-5;1-2/h3-5H,2,6,14H2,1H3;4-5H,2-3H2,1H3;1H2. The zero-order valence-corrected chi connectivity index (χ0v) is 13.2. The first-order chi connectivity index (χ1) is 9.90. The van der Waals surface area contributed by atoms with Gasteiger partial charge >= 0.3 is 6.18 Å². The van der Waals surface area contributed by atoms with Crippen molar-refractivity contribution in [2.45, 2.75) is 26.1 Å². The minimum Gasteiger partial charge on any atom is -0.395 e. The molecule has 0 atom stereocenters. The van der Waals surface area contributed by atoms with Crippen LogP contribution in [-0.4, -0.2) is 31.2 Å². The molecule has 4 N–H and O–H groups in total. The molecule has 0 bridgehead atoms. The smallest absolute Gasteiger partial charge is 0.395 e. The Labute approximate surface area is 129 Å². The summed E-state index contributed by atoms with van der Waals surface area (Å²) in [7, 11) is 1.80. The van der Waals surface area contributed by atoms with Crippen LogP contribution in [0.2, 0.25) is 0 Å². The van der Waals surface area contributed by atoms with Crippen molar-refractivity contribution in [3.8, 4) is 0 Å². The van der Waals surface area contributed by atoms with Crippen LogP contribution in [-0.2, 0) is 19.1 Å². The molecule has 0 radical (unpaired) electrons. The minimum absolute atomic E-state index is 0.146. The van der Waals surface area contributed by atoms with Gasteiger partial charge in [-0.15, -0.1) is 0 Å². The fourth-order valence-electron chi connectivity index (χ4n) is 1.45. The van der Waals surface area contributed by atoms with Crippen LogP contribution < -0.4 is 11.1 Å². The normalized spacial score (nSPS) is 10.0. The van der Waals surface area contributed by atoms with Gasteiger partial charge in [-0.05, 0) is 42.6 Å². The van der Waals surface area contributed by atoms with Gasteiger partial charge in [-0.3, -0.25) is 0 Å². The van der Waals surface area contributed by atoms with Crippen LogP contribution in [0.15, 0.2) is 18.2 Å². The second kappa shape index (κ2) is 12.7. The predicted octanol–water partition coefficient (Wildman–Crippen LogP) is 2.54. The molecule has 0 spiro atoms. The number of aliphatic hydroxyl groups is 1. The molecule has 3 nitrogen and oxygen atoms in total. The molecule has 0 heterocycles. The van der Waals surface area contributed by atoms with Crippen LogP contribution in [0.25, 0.3) is 0 Å². The van der Waals surface area contributed by atoms with Crippen LogP contribution >= 0.6 is 12.2 Å². The highest BCUT2D eigenvalue weighted by Gasteiger charge is 2.30. The summed E-state index contributed by atoms with van der Waals surface area (Å²) in [6, 6.07) is 3.71. The molecule has 21 heavy (non-hydrogen) atoms. The van der Waals surface area contributed by atoms with E-state index in [1.807, 2.05) is 6.92 Å². The van der Waals surface area contributed by atoms with E-state index in [-0.39, 0.29) is 13.2 Å². The van der Waals surface area contributed by atoms with Crippen LogP contribution in [0.4, 0.5) is 13.2 Å². The van der Waals surface area contributed by atoms with Crippen molar-refractivity contribution in [1.29, 1.82) is 0 Å². The Morgan fingerprint density at radius 3 is 2.14 bits per heavy atom. The second-order valence-corrected chi connectivity index (χ2v) is 3.87. The molecule has 0 saturated carbocycles. The summed E-state index contributed by atoms with van der Waals surface area (Å²) in [5, 5.41) is 10.8. The van der Waals surface area contributed by atoms with Crippen molar-refractivity contribution in [3.05, 3.63) is 34.9 Å². The van der Waals surface area contributed by atoms with Crippen molar-refractivity contribution < 1.29 is 18.3 Å². The molecule has 0 aliphatic heterocycles. The number of rotatable bonds is 4. The summed E-state index contributed by atoms with van der Waals surface area (Å²) in [5.74, 6) is 2.83. The van der Waals surface area contributed by atoms with E-state index >= 15 is 0 Å². The molecular formula is C14H23F3N2OS. The fraction of sp³-hybridized carbons (Fsp3) is 0.500. The third-order valence-corrected chi connectivity index (χ3v) is 2.50. The van der Waals surface area contributed by atoms with E-state index in [9.17, 15) is 13.2 Å². The predicted molar refractivity (Wildman–Crippen MR) is 84.4 cm³/mol.